The standard InChI is InChI=1S/C29H29BrClFN2O2.C2HF3O2/c30-26-12-11-23(32)18-28(26)36-17-3-4-20-7-9-21(10-8-20)24-14-15-33-19-25(24)29(35)34-16-13-22-5-1-2-6-27(22)31;3-2(4,5)1(6)7/h1-2,5-12,18,33H,3-4,13-17,19H2,(H,34,35);(H,6,7). The van der Waals surface area contributed by atoms with Crippen LogP contribution < -0.4 is 15.4 Å². The number of nitrogens with one attached hydrogen (secondary N) is 2. The largest absolute Gasteiger partial charge is 0.492 e. The van der Waals surface area contributed by atoms with Crippen LogP contribution in [0.1, 0.15) is 29.5 Å². The molecule has 0 saturated carbocycles. The van der Waals surface area contributed by atoms with Gasteiger partial charge in [0, 0.05) is 29.8 Å². The predicted molar refractivity (Wildman–Crippen MR) is 161 cm³/mol. The maximum Gasteiger partial charge on any atom is 0.490 e. The molecule has 43 heavy (non-hydrogen) atoms. The van der Waals surface area contributed by atoms with Crippen molar-refractivity contribution >= 4 is 45.0 Å². The SMILES string of the molecule is O=C(NCCc1ccccc1Cl)C1=C(c2ccc(CCCOc3cc(F)ccc3Br)cc2)CCNC1.O=C(O)C(F)(F)F. The van der Waals surface area contributed by atoms with E-state index in [1.807, 2.05) is 24.3 Å². The zero-order valence-corrected chi connectivity index (χ0v) is 25.3. The van der Waals surface area contributed by atoms with E-state index in [-0.39, 0.29) is 11.7 Å². The van der Waals surface area contributed by atoms with Gasteiger partial charge in [-0.3, -0.25) is 4.79 Å². The highest BCUT2D eigenvalue weighted by Crippen LogP contribution is 2.27. The summed E-state index contributed by atoms with van der Waals surface area (Å²) in [4.78, 5) is 21.9. The Hall–Kier alpha value is -3.41. The second kappa shape index (κ2) is 16.4. The first-order valence-corrected chi connectivity index (χ1v) is 14.5. The van der Waals surface area contributed by atoms with Gasteiger partial charge < -0.3 is 20.5 Å². The van der Waals surface area contributed by atoms with Crippen LogP contribution in [0.4, 0.5) is 17.6 Å². The van der Waals surface area contributed by atoms with E-state index in [2.05, 4.69) is 50.8 Å². The number of amides is 1. The van der Waals surface area contributed by atoms with Crippen molar-refractivity contribution in [2.45, 2.75) is 31.9 Å². The van der Waals surface area contributed by atoms with E-state index in [1.54, 1.807) is 6.07 Å². The number of carbonyl (C=O) groups excluding carboxylic acids is 1. The minimum atomic E-state index is -5.08. The van der Waals surface area contributed by atoms with E-state index in [9.17, 15) is 22.4 Å². The monoisotopic (exact) mass is 684 g/mol. The fourth-order valence-corrected chi connectivity index (χ4v) is 4.85. The molecule has 12 heteroatoms. The minimum absolute atomic E-state index is 0.0333. The van der Waals surface area contributed by atoms with Crippen LogP contribution in [0, 0.1) is 5.82 Å². The Kier molecular flexibility index (Phi) is 13.0. The van der Waals surface area contributed by atoms with Crippen molar-refractivity contribution < 1.29 is 37.0 Å². The first-order chi connectivity index (χ1) is 20.5. The van der Waals surface area contributed by atoms with Gasteiger partial charge in [0.1, 0.15) is 11.6 Å². The Bertz CT molecular complexity index is 1430. The molecule has 3 aromatic carbocycles. The van der Waals surface area contributed by atoms with Crippen LogP contribution in [0.25, 0.3) is 5.57 Å². The highest BCUT2D eigenvalue weighted by Gasteiger charge is 2.38. The number of carboxylic acids is 1. The second-order valence-corrected chi connectivity index (χ2v) is 10.8. The van der Waals surface area contributed by atoms with E-state index in [4.69, 9.17) is 26.2 Å². The summed E-state index contributed by atoms with van der Waals surface area (Å²) in [5.74, 6) is -2.59. The molecular formula is C31H30BrClF4N2O4. The number of carboxylic acid groups (broad SMARTS) is 1. The number of rotatable bonds is 10. The summed E-state index contributed by atoms with van der Waals surface area (Å²) >= 11 is 9.61. The van der Waals surface area contributed by atoms with Crippen LogP contribution in [0.5, 0.6) is 5.75 Å². The van der Waals surface area contributed by atoms with Crippen LogP contribution in [0.2, 0.25) is 5.02 Å². The van der Waals surface area contributed by atoms with Crippen LogP contribution in [0.3, 0.4) is 0 Å². The average Bonchev–Trinajstić information content (AvgIpc) is 2.98. The Morgan fingerprint density at radius 3 is 2.42 bits per heavy atom. The Morgan fingerprint density at radius 1 is 1.05 bits per heavy atom. The Balaban J connectivity index is 0.000000646. The van der Waals surface area contributed by atoms with Gasteiger partial charge in [0.05, 0.1) is 11.1 Å². The highest BCUT2D eigenvalue weighted by molar-refractivity contribution is 9.10. The number of alkyl halides is 3. The van der Waals surface area contributed by atoms with E-state index in [0.717, 1.165) is 57.6 Å². The van der Waals surface area contributed by atoms with E-state index in [0.29, 0.717) is 31.9 Å². The van der Waals surface area contributed by atoms with Crippen molar-refractivity contribution in [2.75, 3.05) is 26.2 Å². The molecule has 1 amide bonds. The third-order valence-corrected chi connectivity index (χ3v) is 7.46. The molecule has 4 rings (SSSR count). The molecular weight excluding hydrogens is 656 g/mol. The molecule has 0 fully saturated rings. The lowest BCUT2D eigenvalue weighted by Crippen LogP contribution is -2.35. The van der Waals surface area contributed by atoms with E-state index < -0.39 is 12.1 Å². The topological polar surface area (TPSA) is 87.7 Å². The molecule has 230 valence electrons. The minimum Gasteiger partial charge on any atom is -0.492 e. The molecule has 0 spiro atoms. The third-order valence-electron chi connectivity index (χ3n) is 6.44. The van der Waals surface area contributed by atoms with E-state index in [1.165, 1.54) is 17.7 Å². The molecule has 0 atom stereocenters. The van der Waals surface area contributed by atoms with Gasteiger partial charge in [-0.15, -0.1) is 0 Å². The smallest absolute Gasteiger partial charge is 0.490 e. The zero-order valence-electron chi connectivity index (χ0n) is 22.9. The van der Waals surface area contributed by atoms with E-state index >= 15 is 0 Å². The number of aryl methyl sites for hydroxylation is 1. The molecule has 0 aliphatic carbocycles. The van der Waals surface area contributed by atoms with Crippen molar-refractivity contribution in [1.82, 2.24) is 10.6 Å². The summed E-state index contributed by atoms with van der Waals surface area (Å²) in [6.07, 6.45) is -1.92. The van der Waals surface area contributed by atoms with Crippen molar-refractivity contribution in [1.29, 1.82) is 0 Å². The predicted octanol–water partition coefficient (Wildman–Crippen LogP) is 6.99. The number of hydrogen-bond donors (Lipinski definition) is 3. The van der Waals surface area contributed by atoms with Gasteiger partial charge in [0.25, 0.3) is 0 Å². The van der Waals surface area contributed by atoms with Gasteiger partial charge in [-0.05, 0) is 88.6 Å². The molecule has 0 radical (unpaired) electrons. The van der Waals surface area contributed by atoms with Gasteiger partial charge in [0.15, 0.2) is 0 Å². The van der Waals surface area contributed by atoms with Gasteiger partial charge in [-0.1, -0.05) is 54.1 Å². The Labute approximate surface area is 260 Å². The average molecular weight is 686 g/mol. The number of carbonyl (C=O) groups is 2. The molecule has 0 unspecified atom stereocenters. The summed E-state index contributed by atoms with van der Waals surface area (Å²) in [5.41, 5.74) is 5.19. The quantitative estimate of drug-likeness (QED) is 0.158. The van der Waals surface area contributed by atoms with Gasteiger partial charge >= 0.3 is 12.1 Å². The Morgan fingerprint density at radius 2 is 1.74 bits per heavy atom. The summed E-state index contributed by atoms with van der Waals surface area (Å²) in [6, 6.07) is 20.5. The molecule has 0 aromatic heterocycles. The molecule has 1 heterocycles. The summed E-state index contributed by atoms with van der Waals surface area (Å²) in [7, 11) is 0. The van der Waals surface area contributed by atoms with Crippen molar-refractivity contribution in [2.24, 2.45) is 0 Å². The van der Waals surface area contributed by atoms with Crippen LogP contribution in [0.15, 0.2) is 76.8 Å². The number of aliphatic carboxylic acids is 1. The number of halogens is 6. The zero-order chi connectivity index (χ0) is 31.4. The van der Waals surface area contributed by atoms with Crippen LogP contribution in [-0.4, -0.2) is 49.4 Å². The maximum absolute atomic E-state index is 13.4. The molecule has 0 bridgehead atoms. The third kappa shape index (κ3) is 11.0. The van der Waals surface area contributed by atoms with Gasteiger partial charge in [-0.25, -0.2) is 9.18 Å². The van der Waals surface area contributed by atoms with Crippen molar-refractivity contribution in [3.63, 3.8) is 0 Å². The second-order valence-electron chi connectivity index (χ2n) is 9.51. The lowest BCUT2D eigenvalue weighted by molar-refractivity contribution is -0.192. The molecule has 3 N–H and O–H groups in total. The maximum atomic E-state index is 13.4. The van der Waals surface area contributed by atoms with Crippen LogP contribution in [-0.2, 0) is 22.4 Å². The molecule has 1 aliphatic rings. The van der Waals surface area contributed by atoms with Crippen molar-refractivity contribution in [3.05, 3.63) is 104 Å². The fraction of sp³-hybridized carbons (Fsp3) is 0.290. The normalized spacial score (nSPS) is 13.2. The number of benzene rings is 3. The summed E-state index contributed by atoms with van der Waals surface area (Å²) < 4.78 is 51.6. The molecule has 1 aliphatic heterocycles. The number of ether oxygens (including phenoxy) is 1. The van der Waals surface area contributed by atoms with Gasteiger partial charge in [-0.2, -0.15) is 13.2 Å². The lowest BCUT2D eigenvalue weighted by atomic mass is 9.92. The molecule has 6 nitrogen and oxygen atoms in total. The summed E-state index contributed by atoms with van der Waals surface area (Å²) in [5, 5.41) is 14.2. The molecule has 0 saturated heterocycles. The van der Waals surface area contributed by atoms with Crippen LogP contribution >= 0.6 is 27.5 Å². The van der Waals surface area contributed by atoms with Gasteiger partial charge in [0.2, 0.25) is 5.91 Å². The molecule has 3 aromatic rings. The summed E-state index contributed by atoms with van der Waals surface area (Å²) in [6.45, 7) is 2.44. The first-order valence-electron chi connectivity index (χ1n) is 13.4. The highest BCUT2D eigenvalue weighted by atomic mass is 79.9. The lowest BCUT2D eigenvalue weighted by Gasteiger charge is -2.21. The fourth-order valence-electron chi connectivity index (χ4n) is 4.26. The van der Waals surface area contributed by atoms with Crippen molar-refractivity contribution in [3.8, 4) is 5.75 Å². The number of hydrogen-bond acceptors (Lipinski definition) is 4. The first kappa shape index (κ1) is 34.1.